The van der Waals surface area contributed by atoms with Gasteiger partial charge in [-0.3, -0.25) is 4.79 Å². The fourth-order valence-electron chi connectivity index (χ4n) is 2.44. The van der Waals surface area contributed by atoms with Gasteiger partial charge in [-0.15, -0.1) is 0 Å². The summed E-state index contributed by atoms with van der Waals surface area (Å²) >= 11 is 0. The topological polar surface area (TPSA) is 29.1 Å². The van der Waals surface area contributed by atoms with Crippen molar-refractivity contribution in [1.82, 2.24) is 5.32 Å². The van der Waals surface area contributed by atoms with Crippen LogP contribution in [0.3, 0.4) is 0 Å². The lowest BCUT2D eigenvalue weighted by Crippen LogP contribution is -2.32. The van der Waals surface area contributed by atoms with Gasteiger partial charge >= 0.3 is 0 Å². The van der Waals surface area contributed by atoms with Crippen LogP contribution in [-0.2, 0) is 0 Å². The summed E-state index contributed by atoms with van der Waals surface area (Å²) in [5, 5.41) is 3.11. The zero-order valence-electron chi connectivity index (χ0n) is 10.0. The molecule has 2 nitrogen and oxygen atoms in total. The molecular weight excluding hydrogens is 198 g/mol. The minimum atomic E-state index is 0.0821. The summed E-state index contributed by atoms with van der Waals surface area (Å²) in [6.07, 6.45) is 4.77. The number of rotatable bonds is 2. The molecule has 1 N–H and O–H groups in total. The maximum Gasteiger partial charge on any atom is 0.251 e. The third-order valence-electron chi connectivity index (χ3n) is 3.17. The highest BCUT2D eigenvalue weighted by atomic mass is 16.1. The summed E-state index contributed by atoms with van der Waals surface area (Å²) < 4.78 is 0. The number of benzene rings is 1. The fraction of sp³-hybridized carbons (Fsp3) is 0.500. The molecule has 0 heterocycles. The molecule has 1 saturated carbocycles. The first-order chi connectivity index (χ1) is 7.65. The average Bonchev–Trinajstić information content (AvgIpc) is 2.68. The molecule has 1 aromatic carbocycles. The minimum Gasteiger partial charge on any atom is -0.349 e. The SMILES string of the molecule is Cc1cc(C)cc(C(=O)NC2CCCC2)c1. The highest BCUT2D eigenvalue weighted by molar-refractivity contribution is 5.94. The molecule has 1 aliphatic carbocycles. The molecule has 1 amide bonds. The van der Waals surface area contributed by atoms with Gasteiger partial charge in [-0.1, -0.05) is 30.0 Å². The van der Waals surface area contributed by atoms with Gasteiger partial charge in [0.1, 0.15) is 0 Å². The van der Waals surface area contributed by atoms with E-state index in [0.29, 0.717) is 6.04 Å². The highest BCUT2D eigenvalue weighted by Gasteiger charge is 2.17. The van der Waals surface area contributed by atoms with Crippen LogP contribution in [0.15, 0.2) is 18.2 Å². The molecule has 0 saturated heterocycles. The normalized spacial score (nSPS) is 16.4. The molecule has 2 heteroatoms. The Balaban J connectivity index is 2.07. The Morgan fingerprint density at radius 3 is 2.25 bits per heavy atom. The Morgan fingerprint density at radius 2 is 1.69 bits per heavy atom. The van der Waals surface area contributed by atoms with E-state index in [1.54, 1.807) is 0 Å². The van der Waals surface area contributed by atoms with Gasteiger partial charge in [-0.05, 0) is 38.8 Å². The Bertz CT molecular complexity index is 371. The van der Waals surface area contributed by atoms with Crippen molar-refractivity contribution in [2.45, 2.75) is 45.6 Å². The average molecular weight is 217 g/mol. The maximum absolute atomic E-state index is 12.0. The second kappa shape index (κ2) is 4.69. The monoisotopic (exact) mass is 217 g/mol. The molecule has 0 aliphatic heterocycles. The molecule has 1 fully saturated rings. The van der Waals surface area contributed by atoms with Gasteiger partial charge < -0.3 is 5.32 Å². The summed E-state index contributed by atoms with van der Waals surface area (Å²) in [7, 11) is 0. The summed E-state index contributed by atoms with van der Waals surface area (Å²) in [6, 6.07) is 6.40. The van der Waals surface area contributed by atoms with Gasteiger partial charge in [0.2, 0.25) is 0 Å². The molecule has 0 bridgehead atoms. The van der Waals surface area contributed by atoms with Crippen molar-refractivity contribution in [3.05, 3.63) is 34.9 Å². The van der Waals surface area contributed by atoms with E-state index in [-0.39, 0.29) is 5.91 Å². The highest BCUT2D eigenvalue weighted by Crippen LogP contribution is 2.18. The van der Waals surface area contributed by atoms with Crippen LogP contribution in [0.1, 0.15) is 47.2 Å². The lowest BCUT2D eigenvalue weighted by atomic mass is 10.1. The van der Waals surface area contributed by atoms with Crippen LogP contribution >= 0.6 is 0 Å². The molecular formula is C14H19NO. The molecule has 0 atom stereocenters. The second-order valence-corrected chi connectivity index (χ2v) is 4.83. The number of nitrogens with one attached hydrogen (secondary N) is 1. The van der Waals surface area contributed by atoms with Gasteiger partial charge in [0.15, 0.2) is 0 Å². The van der Waals surface area contributed by atoms with E-state index in [1.165, 1.54) is 12.8 Å². The quantitative estimate of drug-likeness (QED) is 0.810. The predicted octanol–water partition coefficient (Wildman–Crippen LogP) is 2.98. The van der Waals surface area contributed by atoms with Crippen molar-refractivity contribution in [3.8, 4) is 0 Å². The summed E-state index contributed by atoms with van der Waals surface area (Å²) in [5.74, 6) is 0.0821. The molecule has 16 heavy (non-hydrogen) atoms. The number of amides is 1. The molecule has 0 radical (unpaired) electrons. The molecule has 0 aromatic heterocycles. The molecule has 0 unspecified atom stereocenters. The Hall–Kier alpha value is -1.31. The van der Waals surface area contributed by atoms with Crippen LogP contribution in [0.25, 0.3) is 0 Å². The van der Waals surface area contributed by atoms with Crippen molar-refractivity contribution in [2.24, 2.45) is 0 Å². The summed E-state index contributed by atoms with van der Waals surface area (Å²) in [5.41, 5.74) is 3.09. The lowest BCUT2D eigenvalue weighted by Gasteiger charge is -2.12. The number of aryl methyl sites for hydroxylation is 2. The van der Waals surface area contributed by atoms with Gasteiger partial charge in [-0.2, -0.15) is 0 Å². The van der Waals surface area contributed by atoms with E-state index in [1.807, 2.05) is 26.0 Å². The number of hydrogen-bond donors (Lipinski definition) is 1. The maximum atomic E-state index is 12.0. The standard InChI is InChI=1S/C14H19NO/c1-10-7-11(2)9-12(8-10)14(16)15-13-5-3-4-6-13/h7-9,13H,3-6H2,1-2H3,(H,15,16). The van der Waals surface area contributed by atoms with Crippen molar-refractivity contribution in [2.75, 3.05) is 0 Å². The van der Waals surface area contributed by atoms with Gasteiger partial charge in [-0.25, -0.2) is 0 Å². The first kappa shape index (κ1) is 11.2. The van der Waals surface area contributed by atoms with Crippen LogP contribution in [-0.4, -0.2) is 11.9 Å². The van der Waals surface area contributed by atoms with Crippen LogP contribution < -0.4 is 5.32 Å². The summed E-state index contributed by atoms with van der Waals surface area (Å²) in [6.45, 7) is 4.05. The number of carbonyl (C=O) groups excluding carboxylic acids is 1. The summed E-state index contributed by atoms with van der Waals surface area (Å²) in [4.78, 5) is 12.0. The van der Waals surface area contributed by atoms with E-state index < -0.39 is 0 Å². The van der Waals surface area contributed by atoms with Crippen molar-refractivity contribution >= 4 is 5.91 Å². The first-order valence-electron chi connectivity index (χ1n) is 6.04. The van der Waals surface area contributed by atoms with Gasteiger partial charge in [0, 0.05) is 11.6 Å². The van der Waals surface area contributed by atoms with E-state index in [9.17, 15) is 4.79 Å². The van der Waals surface area contributed by atoms with E-state index in [0.717, 1.165) is 29.5 Å². The first-order valence-corrected chi connectivity index (χ1v) is 6.04. The largest absolute Gasteiger partial charge is 0.349 e. The predicted molar refractivity (Wildman–Crippen MR) is 65.6 cm³/mol. The molecule has 86 valence electrons. The lowest BCUT2D eigenvalue weighted by molar-refractivity contribution is 0.0937. The third-order valence-corrected chi connectivity index (χ3v) is 3.17. The van der Waals surface area contributed by atoms with Crippen molar-refractivity contribution in [3.63, 3.8) is 0 Å². The van der Waals surface area contributed by atoms with Gasteiger partial charge in [0.05, 0.1) is 0 Å². The van der Waals surface area contributed by atoms with Crippen molar-refractivity contribution in [1.29, 1.82) is 0 Å². The van der Waals surface area contributed by atoms with Crippen LogP contribution in [0, 0.1) is 13.8 Å². The Kier molecular flexibility index (Phi) is 3.28. The Labute approximate surface area is 97.1 Å². The van der Waals surface area contributed by atoms with Crippen LogP contribution in [0.4, 0.5) is 0 Å². The zero-order chi connectivity index (χ0) is 11.5. The molecule has 2 rings (SSSR count). The molecule has 0 spiro atoms. The number of carbonyl (C=O) groups is 1. The Morgan fingerprint density at radius 1 is 1.12 bits per heavy atom. The third kappa shape index (κ3) is 2.63. The fourth-order valence-corrected chi connectivity index (χ4v) is 2.44. The van der Waals surface area contributed by atoms with Crippen LogP contribution in [0.5, 0.6) is 0 Å². The van der Waals surface area contributed by atoms with E-state index in [4.69, 9.17) is 0 Å². The van der Waals surface area contributed by atoms with Crippen LogP contribution in [0.2, 0.25) is 0 Å². The van der Waals surface area contributed by atoms with Gasteiger partial charge in [0.25, 0.3) is 5.91 Å². The smallest absolute Gasteiger partial charge is 0.251 e. The second-order valence-electron chi connectivity index (χ2n) is 4.83. The van der Waals surface area contributed by atoms with Crippen molar-refractivity contribution < 1.29 is 4.79 Å². The minimum absolute atomic E-state index is 0.0821. The number of hydrogen-bond acceptors (Lipinski definition) is 1. The molecule has 1 aromatic rings. The zero-order valence-corrected chi connectivity index (χ0v) is 10.0. The van der Waals surface area contributed by atoms with E-state index in [2.05, 4.69) is 11.4 Å². The van der Waals surface area contributed by atoms with E-state index >= 15 is 0 Å². The molecule has 1 aliphatic rings.